The van der Waals surface area contributed by atoms with E-state index in [1.165, 1.54) is 11.3 Å². The zero-order valence-electron chi connectivity index (χ0n) is 16.5. The molecule has 3 aromatic rings. The number of rotatable bonds is 7. The molecule has 2 heterocycles. The van der Waals surface area contributed by atoms with Crippen molar-refractivity contribution >= 4 is 33.9 Å². The summed E-state index contributed by atoms with van der Waals surface area (Å²) in [5, 5.41) is 21.2. The highest BCUT2D eigenvalue weighted by atomic mass is 32.1. The third-order valence-electron chi connectivity index (χ3n) is 4.47. The molecule has 3 rings (SSSR count). The van der Waals surface area contributed by atoms with Crippen molar-refractivity contribution in [1.29, 1.82) is 0 Å². The Balaban J connectivity index is 1.74. The smallest absolute Gasteiger partial charge is 0.267 e. The first kappa shape index (κ1) is 19.9. The number of amides is 1. The van der Waals surface area contributed by atoms with Crippen LogP contribution in [0.25, 0.3) is 0 Å². The molecule has 0 fully saturated rings. The van der Waals surface area contributed by atoms with Gasteiger partial charge in [0.15, 0.2) is 5.13 Å². The fourth-order valence-electron chi connectivity index (χ4n) is 2.87. The Kier molecular flexibility index (Phi) is 5.99. The first-order valence-electron chi connectivity index (χ1n) is 9.27. The molecule has 7 nitrogen and oxygen atoms in total. The Morgan fingerprint density at radius 3 is 2.82 bits per heavy atom. The third-order valence-corrected chi connectivity index (χ3v) is 5.38. The summed E-state index contributed by atoms with van der Waals surface area (Å²) in [6.45, 7) is 8.60. The van der Waals surface area contributed by atoms with Gasteiger partial charge in [-0.1, -0.05) is 30.7 Å². The van der Waals surface area contributed by atoms with Gasteiger partial charge in [0.25, 0.3) is 5.91 Å². The van der Waals surface area contributed by atoms with Crippen LogP contribution in [0.5, 0.6) is 5.75 Å². The van der Waals surface area contributed by atoms with E-state index in [9.17, 15) is 9.90 Å². The normalized spacial score (nSPS) is 10.9. The van der Waals surface area contributed by atoms with Crippen molar-refractivity contribution in [2.75, 3.05) is 10.6 Å². The van der Waals surface area contributed by atoms with E-state index in [0.717, 1.165) is 36.5 Å². The highest BCUT2D eigenvalue weighted by molar-refractivity contribution is 7.17. The lowest BCUT2D eigenvalue weighted by molar-refractivity contribution is 0.103. The van der Waals surface area contributed by atoms with Crippen LogP contribution in [0.15, 0.2) is 24.4 Å². The van der Waals surface area contributed by atoms with Gasteiger partial charge in [0.05, 0.1) is 17.6 Å². The van der Waals surface area contributed by atoms with Crippen LogP contribution < -0.4 is 10.6 Å². The number of phenolic OH excluding ortho intramolecular Hbond substituents is 1. The zero-order valence-corrected chi connectivity index (χ0v) is 17.4. The van der Waals surface area contributed by atoms with Crippen LogP contribution in [0, 0.1) is 20.8 Å². The molecular formula is C20H25N5O2S. The van der Waals surface area contributed by atoms with Gasteiger partial charge in [0, 0.05) is 18.2 Å². The van der Waals surface area contributed by atoms with Gasteiger partial charge < -0.3 is 15.7 Å². The average molecular weight is 400 g/mol. The fraction of sp³-hybridized carbons (Fsp3) is 0.350. The number of carbonyl (C=O) groups excluding carboxylic acids is 1. The number of aromatic nitrogens is 3. The van der Waals surface area contributed by atoms with E-state index >= 15 is 0 Å². The monoisotopic (exact) mass is 399 g/mol. The van der Waals surface area contributed by atoms with Gasteiger partial charge in [-0.05, 0) is 38.8 Å². The van der Waals surface area contributed by atoms with Crippen molar-refractivity contribution in [2.45, 2.75) is 47.1 Å². The molecule has 0 radical (unpaired) electrons. The number of aromatic hydroxyl groups is 1. The quantitative estimate of drug-likeness (QED) is 0.532. The second kappa shape index (κ2) is 8.43. The van der Waals surface area contributed by atoms with Gasteiger partial charge >= 0.3 is 0 Å². The topological polar surface area (TPSA) is 92.1 Å². The van der Waals surface area contributed by atoms with E-state index in [1.54, 1.807) is 25.3 Å². The largest absolute Gasteiger partial charge is 0.508 e. The molecule has 28 heavy (non-hydrogen) atoms. The fourth-order valence-corrected chi connectivity index (χ4v) is 3.59. The molecule has 0 aliphatic carbocycles. The summed E-state index contributed by atoms with van der Waals surface area (Å²) in [5.41, 5.74) is 3.09. The first-order valence-corrected chi connectivity index (χ1v) is 10.1. The Bertz CT molecular complexity index is 993. The summed E-state index contributed by atoms with van der Waals surface area (Å²) >= 11 is 1.27. The van der Waals surface area contributed by atoms with Gasteiger partial charge in [-0.25, -0.2) is 9.67 Å². The van der Waals surface area contributed by atoms with Gasteiger partial charge in [-0.15, -0.1) is 0 Å². The lowest BCUT2D eigenvalue weighted by Crippen LogP contribution is -2.12. The minimum atomic E-state index is -0.252. The number of hydrogen-bond donors (Lipinski definition) is 3. The molecule has 0 aliphatic heterocycles. The molecule has 0 atom stereocenters. The lowest BCUT2D eigenvalue weighted by atomic mass is 10.1. The number of thiazole rings is 1. The molecule has 0 saturated carbocycles. The van der Waals surface area contributed by atoms with E-state index in [0.29, 0.717) is 21.3 Å². The predicted octanol–water partition coefficient (Wildman–Crippen LogP) is 4.77. The van der Waals surface area contributed by atoms with Crippen molar-refractivity contribution < 1.29 is 9.90 Å². The number of hydrogen-bond acceptors (Lipinski definition) is 6. The molecule has 1 amide bonds. The molecule has 0 saturated heterocycles. The van der Waals surface area contributed by atoms with Crippen LogP contribution in [0.1, 0.15) is 46.3 Å². The number of anilines is 3. The van der Waals surface area contributed by atoms with Crippen molar-refractivity contribution in [2.24, 2.45) is 0 Å². The second-order valence-electron chi connectivity index (χ2n) is 6.76. The minimum absolute atomic E-state index is 0.156. The van der Waals surface area contributed by atoms with Crippen molar-refractivity contribution in [3.05, 3.63) is 46.1 Å². The summed E-state index contributed by atoms with van der Waals surface area (Å²) in [6, 6.07) is 5.37. The van der Waals surface area contributed by atoms with Crippen LogP contribution in [0.2, 0.25) is 0 Å². The Morgan fingerprint density at radius 2 is 2.07 bits per heavy atom. The number of nitrogens with zero attached hydrogens (tertiary/aromatic N) is 3. The molecule has 0 aliphatic rings. The summed E-state index contributed by atoms with van der Waals surface area (Å²) in [6.07, 6.45) is 3.69. The molecule has 1 aromatic carbocycles. The summed E-state index contributed by atoms with van der Waals surface area (Å²) in [5.74, 6) is 0.772. The van der Waals surface area contributed by atoms with E-state index in [-0.39, 0.29) is 11.7 Å². The van der Waals surface area contributed by atoms with Crippen molar-refractivity contribution in [3.8, 4) is 5.75 Å². The molecular weight excluding hydrogens is 374 g/mol. The second-order valence-corrected chi connectivity index (χ2v) is 7.79. The average Bonchev–Trinajstić information content (AvgIpc) is 3.27. The lowest BCUT2D eigenvalue weighted by Gasteiger charge is -2.12. The molecule has 0 bridgehead atoms. The van der Waals surface area contributed by atoms with E-state index in [1.807, 2.05) is 24.6 Å². The molecule has 8 heteroatoms. The maximum absolute atomic E-state index is 12.6. The Labute approximate surface area is 168 Å². The molecule has 2 aromatic heterocycles. The summed E-state index contributed by atoms with van der Waals surface area (Å²) in [7, 11) is 0. The zero-order chi connectivity index (χ0) is 20.3. The maximum atomic E-state index is 12.6. The number of unbranched alkanes of at least 4 members (excludes halogenated alkanes) is 1. The maximum Gasteiger partial charge on any atom is 0.267 e. The van der Waals surface area contributed by atoms with Crippen LogP contribution in [-0.2, 0) is 6.54 Å². The van der Waals surface area contributed by atoms with Crippen LogP contribution in [-0.4, -0.2) is 25.8 Å². The van der Waals surface area contributed by atoms with Gasteiger partial charge in [-0.3, -0.25) is 4.79 Å². The van der Waals surface area contributed by atoms with Gasteiger partial charge in [0.1, 0.15) is 16.4 Å². The minimum Gasteiger partial charge on any atom is -0.508 e. The summed E-state index contributed by atoms with van der Waals surface area (Å²) in [4.78, 5) is 17.5. The molecule has 0 unspecified atom stereocenters. The molecule has 3 N–H and O–H groups in total. The van der Waals surface area contributed by atoms with Crippen LogP contribution >= 0.6 is 11.3 Å². The highest BCUT2D eigenvalue weighted by Gasteiger charge is 2.16. The number of phenols is 1. The highest BCUT2D eigenvalue weighted by Crippen LogP contribution is 2.29. The SMILES string of the molecule is CCCCn1nc(C)cc1Nc1ncc(C(=O)Nc2c(C)ccc(O)c2C)s1. The van der Waals surface area contributed by atoms with Crippen molar-refractivity contribution in [1.82, 2.24) is 14.8 Å². The standard InChI is InChI=1S/C20H25N5O2S/c1-5-6-9-25-17(10-13(3)24-25)22-20-21-11-16(28-20)19(27)23-18-12(2)7-8-15(26)14(18)4/h7-8,10-11,26H,5-6,9H2,1-4H3,(H,21,22)(H,23,27). The number of benzene rings is 1. The Morgan fingerprint density at radius 1 is 1.29 bits per heavy atom. The third kappa shape index (κ3) is 4.33. The predicted molar refractivity (Wildman–Crippen MR) is 113 cm³/mol. The Hall–Kier alpha value is -2.87. The van der Waals surface area contributed by atoms with Gasteiger partial charge in [-0.2, -0.15) is 5.10 Å². The van der Waals surface area contributed by atoms with Gasteiger partial charge in [0.2, 0.25) is 0 Å². The number of aryl methyl sites for hydroxylation is 3. The van der Waals surface area contributed by atoms with E-state index in [4.69, 9.17) is 0 Å². The number of carbonyl (C=O) groups is 1. The van der Waals surface area contributed by atoms with Crippen LogP contribution in [0.4, 0.5) is 16.6 Å². The first-order chi connectivity index (χ1) is 13.4. The number of nitrogens with one attached hydrogen (secondary N) is 2. The van der Waals surface area contributed by atoms with Crippen molar-refractivity contribution in [3.63, 3.8) is 0 Å². The summed E-state index contributed by atoms with van der Waals surface area (Å²) < 4.78 is 1.93. The molecule has 0 spiro atoms. The molecule has 148 valence electrons. The van der Waals surface area contributed by atoms with E-state index in [2.05, 4.69) is 27.6 Å². The van der Waals surface area contributed by atoms with Crippen LogP contribution in [0.3, 0.4) is 0 Å². The van der Waals surface area contributed by atoms with E-state index < -0.39 is 0 Å².